The van der Waals surface area contributed by atoms with Crippen molar-refractivity contribution in [2.75, 3.05) is 50.7 Å². The van der Waals surface area contributed by atoms with Gasteiger partial charge in [0.05, 0.1) is 11.0 Å². The van der Waals surface area contributed by atoms with Crippen LogP contribution < -0.4 is 10.5 Å². The van der Waals surface area contributed by atoms with Crippen LogP contribution in [0.2, 0.25) is 0 Å². The summed E-state index contributed by atoms with van der Waals surface area (Å²) >= 11 is 0. The van der Waals surface area contributed by atoms with E-state index in [1.54, 1.807) is 6.07 Å². The highest BCUT2D eigenvalue weighted by Gasteiger charge is 2.25. The number of H-pyrrole nitrogens is 1. The number of hydrogen-bond acceptors (Lipinski definition) is 8. The van der Waals surface area contributed by atoms with Crippen molar-refractivity contribution in [3.63, 3.8) is 0 Å². The molecule has 5 heterocycles. The zero-order valence-corrected chi connectivity index (χ0v) is 20.7. The van der Waals surface area contributed by atoms with Gasteiger partial charge in [-0.3, -0.25) is 14.7 Å². The monoisotopic (exact) mass is 491 g/mol. The van der Waals surface area contributed by atoms with Crippen molar-refractivity contribution in [1.82, 2.24) is 30.0 Å². The SMILES string of the molecule is CCc1cc2ncc(CN3CCN(CC4CCN(c5ccc(C(=O)O)nn5)CC4)CC3)cc2[nH]c1=O. The molecule has 190 valence electrons. The molecule has 0 aromatic carbocycles. The lowest BCUT2D eigenvalue weighted by atomic mass is 9.96. The van der Waals surface area contributed by atoms with Gasteiger partial charge in [0.15, 0.2) is 11.5 Å². The largest absolute Gasteiger partial charge is 0.476 e. The number of aromatic nitrogens is 4. The fourth-order valence-electron chi connectivity index (χ4n) is 5.22. The summed E-state index contributed by atoms with van der Waals surface area (Å²) in [6, 6.07) is 7.22. The number of nitrogens with zero attached hydrogens (tertiary/aromatic N) is 6. The van der Waals surface area contributed by atoms with Crippen LogP contribution in [0.1, 0.15) is 41.4 Å². The summed E-state index contributed by atoms with van der Waals surface area (Å²) in [6.07, 6.45) is 4.83. The topological polar surface area (TPSA) is 119 Å². The summed E-state index contributed by atoms with van der Waals surface area (Å²) in [5.41, 5.74) is 3.51. The first-order chi connectivity index (χ1) is 17.5. The molecule has 0 atom stereocenters. The zero-order chi connectivity index (χ0) is 25.1. The number of piperazine rings is 1. The smallest absolute Gasteiger partial charge is 0.356 e. The standard InChI is InChI=1S/C26H33N7O3/c1-2-20-14-22-23(28-25(20)34)13-19(15-27-22)17-32-11-9-31(10-12-32)16-18-5-7-33(8-6-18)24-4-3-21(26(35)36)29-30-24/h3-4,13-15,18H,2,5-12,16-17H2,1H3,(H,28,34)(H,35,36). The van der Waals surface area contributed by atoms with E-state index in [9.17, 15) is 9.59 Å². The lowest BCUT2D eigenvalue weighted by Gasteiger charge is -2.39. The number of rotatable bonds is 7. The van der Waals surface area contributed by atoms with Gasteiger partial charge in [0.25, 0.3) is 5.56 Å². The van der Waals surface area contributed by atoms with Crippen molar-refractivity contribution >= 4 is 22.8 Å². The molecule has 0 aliphatic carbocycles. The molecule has 10 nitrogen and oxygen atoms in total. The molecular weight excluding hydrogens is 458 g/mol. The lowest BCUT2D eigenvalue weighted by molar-refractivity contribution is 0.0689. The van der Waals surface area contributed by atoms with E-state index in [4.69, 9.17) is 5.11 Å². The Bertz CT molecular complexity index is 1260. The second-order valence-corrected chi connectivity index (χ2v) is 9.84. The molecule has 0 unspecified atom stereocenters. The average Bonchev–Trinajstić information content (AvgIpc) is 2.90. The molecule has 5 rings (SSSR count). The van der Waals surface area contributed by atoms with Gasteiger partial charge >= 0.3 is 5.97 Å². The van der Waals surface area contributed by atoms with Crippen LogP contribution in [-0.4, -0.2) is 86.9 Å². The molecule has 2 aliphatic rings. The van der Waals surface area contributed by atoms with Crippen molar-refractivity contribution < 1.29 is 9.90 Å². The van der Waals surface area contributed by atoms with Gasteiger partial charge < -0.3 is 19.9 Å². The predicted molar refractivity (Wildman–Crippen MR) is 137 cm³/mol. The van der Waals surface area contributed by atoms with Crippen molar-refractivity contribution in [3.05, 3.63) is 57.6 Å². The van der Waals surface area contributed by atoms with Crippen LogP contribution in [0, 0.1) is 5.92 Å². The minimum Gasteiger partial charge on any atom is -0.476 e. The quantitative estimate of drug-likeness (QED) is 0.511. The molecular formula is C26H33N7O3. The Morgan fingerprint density at radius 1 is 1.06 bits per heavy atom. The number of aromatic carboxylic acids is 1. The minimum atomic E-state index is -1.05. The van der Waals surface area contributed by atoms with Crippen LogP contribution in [0.5, 0.6) is 0 Å². The molecule has 3 aromatic heterocycles. The van der Waals surface area contributed by atoms with E-state index < -0.39 is 5.97 Å². The van der Waals surface area contributed by atoms with E-state index in [0.29, 0.717) is 12.3 Å². The number of carbonyl (C=O) groups is 1. The zero-order valence-electron chi connectivity index (χ0n) is 20.7. The van der Waals surface area contributed by atoms with Crippen LogP contribution in [0.3, 0.4) is 0 Å². The molecule has 2 aliphatic heterocycles. The van der Waals surface area contributed by atoms with E-state index in [2.05, 4.69) is 40.9 Å². The Labute approximate surface area is 210 Å². The fraction of sp³-hybridized carbons (Fsp3) is 0.500. The number of aromatic amines is 1. The Morgan fingerprint density at radius 3 is 2.47 bits per heavy atom. The number of aryl methyl sites for hydroxylation is 1. The highest BCUT2D eigenvalue weighted by molar-refractivity contribution is 5.85. The van der Waals surface area contributed by atoms with Gasteiger partial charge in [0.2, 0.25) is 0 Å². The van der Waals surface area contributed by atoms with Crippen molar-refractivity contribution in [2.24, 2.45) is 5.92 Å². The number of nitrogens with one attached hydrogen (secondary N) is 1. The number of carboxylic acid groups (broad SMARTS) is 1. The molecule has 0 amide bonds. The van der Waals surface area contributed by atoms with E-state index in [0.717, 1.165) is 93.2 Å². The van der Waals surface area contributed by atoms with Crippen LogP contribution >= 0.6 is 0 Å². The first-order valence-electron chi connectivity index (χ1n) is 12.8. The number of anilines is 1. The van der Waals surface area contributed by atoms with Crippen molar-refractivity contribution in [3.8, 4) is 0 Å². The molecule has 2 saturated heterocycles. The van der Waals surface area contributed by atoms with E-state index in [1.807, 2.05) is 19.2 Å². The Hall–Kier alpha value is -3.37. The average molecular weight is 492 g/mol. The van der Waals surface area contributed by atoms with Gasteiger partial charge in [-0.2, -0.15) is 0 Å². The summed E-state index contributed by atoms with van der Waals surface area (Å²) < 4.78 is 0. The van der Waals surface area contributed by atoms with Gasteiger partial charge in [-0.1, -0.05) is 6.92 Å². The summed E-state index contributed by atoms with van der Waals surface area (Å²) in [6.45, 7) is 9.93. The second kappa shape index (κ2) is 10.7. The van der Waals surface area contributed by atoms with E-state index in [-0.39, 0.29) is 11.3 Å². The van der Waals surface area contributed by atoms with Crippen molar-refractivity contribution in [1.29, 1.82) is 0 Å². The highest BCUT2D eigenvalue weighted by Crippen LogP contribution is 2.23. The normalized spacial score (nSPS) is 18.1. The maximum atomic E-state index is 12.2. The van der Waals surface area contributed by atoms with Gasteiger partial charge in [-0.05, 0) is 55.0 Å². The highest BCUT2D eigenvalue weighted by atomic mass is 16.4. The molecule has 10 heteroatoms. The Balaban J connectivity index is 1.08. The first kappa shape index (κ1) is 24.3. The summed E-state index contributed by atoms with van der Waals surface area (Å²) in [5, 5.41) is 16.9. The molecule has 0 spiro atoms. The number of fused-ring (bicyclic) bond motifs is 1. The third kappa shape index (κ3) is 5.55. The number of carboxylic acids is 1. The third-order valence-corrected chi connectivity index (χ3v) is 7.40. The number of piperidine rings is 1. The fourth-order valence-corrected chi connectivity index (χ4v) is 5.22. The second-order valence-electron chi connectivity index (χ2n) is 9.84. The van der Waals surface area contributed by atoms with Crippen LogP contribution in [0.15, 0.2) is 35.3 Å². The van der Waals surface area contributed by atoms with E-state index >= 15 is 0 Å². The molecule has 0 bridgehead atoms. The van der Waals surface area contributed by atoms with Crippen LogP contribution in [0.4, 0.5) is 5.82 Å². The summed E-state index contributed by atoms with van der Waals surface area (Å²) in [7, 11) is 0. The molecule has 0 saturated carbocycles. The van der Waals surface area contributed by atoms with E-state index in [1.165, 1.54) is 6.07 Å². The third-order valence-electron chi connectivity index (χ3n) is 7.40. The van der Waals surface area contributed by atoms with Crippen LogP contribution in [-0.2, 0) is 13.0 Å². The number of hydrogen-bond donors (Lipinski definition) is 2. The molecule has 3 aromatic rings. The molecule has 36 heavy (non-hydrogen) atoms. The molecule has 2 fully saturated rings. The van der Waals surface area contributed by atoms with Gasteiger partial charge in [0, 0.05) is 64.1 Å². The van der Waals surface area contributed by atoms with Gasteiger partial charge in [-0.15, -0.1) is 10.2 Å². The van der Waals surface area contributed by atoms with Gasteiger partial charge in [-0.25, -0.2) is 4.79 Å². The minimum absolute atomic E-state index is 0.0209. The van der Waals surface area contributed by atoms with Gasteiger partial charge in [0.1, 0.15) is 0 Å². The maximum absolute atomic E-state index is 12.2. The Morgan fingerprint density at radius 2 is 1.81 bits per heavy atom. The maximum Gasteiger partial charge on any atom is 0.356 e. The Kier molecular flexibility index (Phi) is 7.24. The molecule has 0 radical (unpaired) electrons. The first-order valence-corrected chi connectivity index (χ1v) is 12.8. The lowest BCUT2D eigenvalue weighted by Crippen LogP contribution is -2.48. The van der Waals surface area contributed by atoms with Crippen LogP contribution in [0.25, 0.3) is 11.0 Å². The predicted octanol–water partition coefficient (Wildman–Crippen LogP) is 2.01. The summed E-state index contributed by atoms with van der Waals surface area (Å²) in [5.74, 6) is 0.363. The summed E-state index contributed by atoms with van der Waals surface area (Å²) in [4.78, 5) is 37.9. The number of pyridine rings is 2. The molecule has 2 N–H and O–H groups in total. The van der Waals surface area contributed by atoms with Crippen molar-refractivity contribution in [2.45, 2.75) is 32.7 Å².